The van der Waals surface area contributed by atoms with Crippen LogP contribution < -0.4 is 16.2 Å². The SMILES string of the molecule is O=C(Nc1ccc(Cl)cc1)Nc1ccc2n(c1=O)C[C@H]1C[C@@H]2CN(C(=O)c2ccccc2)C1. The second-order valence-electron chi connectivity index (χ2n) is 8.55. The lowest BCUT2D eigenvalue weighted by Crippen LogP contribution is -2.49. The minimum atomic E-state index is -0.495. The van der Waals surface area contributed by atoms with E-state index in [4.69, 9.17) is 11.6 Å². The number of carbonyl (C=O) groups excluding carboxylic acids is 2. The number of piperidine rings is 1. The van der Waals surface area contributed by atoms with Crippen molar-refractivity contribution in [1.82, 2.24) is 9.47 Å². The summed E-state index contributed by atoms with van der Waals surface area (Å²) in [5, 5.41) is 5.93. The van der Waals surface area contributed by atoms with Crippen LogP contribution in [-0.4, -0.2) is 34.5 Å². The molecule has 0 saturated carbocycles. The zero-order valence-electron chi connectivity index (χ0n) is 17.8. The first-order valence-electron chi connectivity index (χ1n) is 10.9. The van der Waals surface area contributed by atoms with E-state index in [-0.39, 0.29) is 29.0 Å². The van der Waals surface area contributed by atoms with Crippen molar-refractivity contribution in [2.45, 2.75) is 18.9 Å². The monoisotopic (exact) mass is 462 g/mol. The van der Waals surface area contributed by atoms with Gasteiger partial charge >= 0.3 is 6.03 Å². The Kier molecular flexibility index (Phi) is 5.64. The Morgan fingerprint density at radius 2 is 1.64 bits per heavy atom. The van der Waals surface area contributed by atoms with E-state index in [2.05, 4.69) is 10.6 Å². The quantitative estimate of drug-likeness (QED) is 0.605. The Hall–Kier alpha value is -3.58. The fourth-order valence-electron chi connectivity index (χ4n) is 4.79. The molecule has 2 N–H and O–H groups in total. The maximum Gasteiger partial charge on any atom is 0.323 e. The largest absolute Gasteiger partial charge is 0.338 e. The summed E-state index contributed by atoms with van der Waals surface area (Å²) in [6.07, 6.45) is 0.946. The van der Waals surface area contributed by atoms with E-state index < -0.39 is 6.03 Å². The lowest BCUT2D eigenvalue weighted by atomic mass is 9.83. The van der Waals surface area contributed by atoms with Crippen LogP contribution in [0.25, 0.3) is 0 Å². The number of likely N-dealkylation sites (tertiary alicyclic amines) is 1. The van der Waals surface area contributed by atoms with Gasteiger partial charge in [0.1, 0.15) is 5.69 Å². The lowest BCUT2D eigenvalue weighted by Gasteiger charge is -2.43. The van der Waals surface area contributed by atoms with Gasteiger partial charge in [-0.25, -0.2) is 4.79 Å². The number of anilines is 2. The van der Waals surface area contributed by atoms with Gasteiger partial charge in [0.05, 0.1) is 0 Å². The van der Waals surface area contributed by atoms with Crippen LogP contribution >= 0.6 is 11.6 Å². The number of hydrogen-bond acceptors (Lipinski definition) is 3. The third-order valence-corrected chi connectivity index (χ3v) is 6.51. The van der Waals surface area contributed by atoms with E-state index in [9.17, 15) is 14.4 Å². The van der Waals surface area contributed by atoms with Crippen molar-refractivity contribution in [3.05, 3.63) is 93.4 Å². The molecule has 5 rings (SSSR count). The number of rotatable bonds is 3. The van der Waals surface area contributed by atoms with Gasteiger partial charge in [-0.1, -0.05) is 29.8 Å². The van der Waals surface area contributed by atoms with Crippen LogP contribution in [0.1, 0.15) is 28.4 Å². The maximum atomic E-state index is 13.1. The Balaban J connectivity index is 1.32. The number of fused-ring (bicyclic) bond motifs is 4. The van der Waals surface area contributed by atoms with Crippen LogP contribution in [0.4, 0.5) is 16.2 Å². The van der Waals surface area contributed by atoms with Crippen LogP contribution in [0.15, 0.2) is 71.5 Å². The fraction of sp³-hybridized carbons (Fsp3) is 0.240. The van der Waals surface area contributed by atoms with E-state index in [1.165, 1.54) is 0 Å². The van der Waals surface area contributed by atoms with Gasteiger partial charge < -0.3 is 20.1 Å². The number of aromatic nitrogens is 1. The molecule has 2 aromatic carbocycles. The number of benzene rings is 2. The number of pyridine rings is 1. The lowest BCUT2D eigenvalue weighted by molar-refractivity contribution is 0.0594. The standard InChI is InChI=1S/C25H23ClN4O3/c26-19-6-8-20(9-7-19)27-25(33)28-21-10-11-22-18-12-16(14-30(22)24(21)32)13-29(15-18)23(31)17-4-2-1-3-5-17/h1-11,16,18H,12-15H2,(H2,27,28,33)/t16-,18+/m0/s1. The normalized spacial score (nSPS) is 18.9. The first-order valence-corrected chi connectivity index (χ1v) is 11.3. The molecule has 33 heavy (non-hydrogen) atoms. The van der Waals surface area contributed by atoms with Crippen molar-refractivity contribution in [2.24, 2.45) is 5.92 Å². The van der Waals surface area contributed by atoms with Gasteiger partial charge in [-0.3, -0.25) is 9.59 Å². The number of halogens is 1. The van der Waals surface area contributed by atoms with Crippen molar-refractivity contribution in [2.75, 3.05) is 23.7 Å². The van der Waals surface area contributed by atoms with E-state index >= 15 is 0 Å². The highest BCUT2D eigenvalue weighted by atomic mass is 35.5. The Labute approximate surface area is 196 Å². The van der Waals surface area contributed by atoms with Gasteiger partial charge in [0, 0.05) is 47.5 Å². The minimum Gasteiger partial charge on any atom is -0.338 e. The van der Waals surface area contributed by atoms with E-state index in [1.807, 2.05) is 41.3 Å². The molecular weight excluding hydrogens is 440 g/mol. The molecule has 0 radical (unpaired) electrons. The molecule has 8 heteroatoms. The Bertz CT molecular complexity index is 1260. The Morgan fingerprint density at radius 1 is 0.879 bits per heavy atom. The highest BCUT2D eigenvalue weighted by Crippen LogP contribution is 2.36. The van der Waals surface area contributed by atoms with Crippen molar-refractivity contribution in [1.29, 1.82) is 0 Å². The average Bonchev–Trinajstić information content (AvgIpc) is 2.82. The third-order valence-electron chi connectivity index (χ3n) is 6.26. The van der Waals surface area contributed by atoms with Gasteiger partial charge in [-0.05, 0) is 60.9 Å². The molecule has 3 aromatic rings. The number of nitrogens with one attached hydrogen (secondary N) is 2. The van der Waals surface area contributed by atoms with E-state index in [1.54, 1.807) is 34.9 Å². The molecule has 2 aliphatic rings. The van der Waals surface area contributed by atoms with Crippen molar-refractivity contribution in [3.63, 3.8) is 0 Å². The summed E-state index contributed by atoms with van der Waals surface area (Å²) in [6, 6.07) is 19.1. The highest BCUT2D eigenvalue weighted by Gasteiger charge is 2.37. The number of hydrogen-bond donors (Lipinski definition) is 2. The molecule has 3 amide bonds. The summed E-state index contributed by atoms with van der Waals surface area (Å²) < 4.78 is 1.75. The van der Waals surface area contributed by atoms with Gasteiger partial charge in [0.2, 0.25) is 0 Å². The molecule has 3 heterocycles. The smallest absolute Gasteiger partial charge is 0.323 e. The molecule has 2 atom stereocenters. The molecule has 168 valence electrons. The van der Waals surface area contributed by atoms with Gasteiger partial charge in [-0.15, -0.1) is 0 Å². The summed E-state index contributed by atoms with van der Waals surface area (Å²) >= 11 is 5.87. The summed E-state index contributed by atoms with van der Waals surface area (Å²) in [7, 11) is 0. The number of nitrogens with zero attached hydrogens (tertiary/aromatic N) is 2. The summed E-state index contributed by atoms with van der Waals surface area (Å²) in [5.74, 6) is 0.313. The van der Waals surface area contributed by atoms with Crippen LogP contribution in [0.5, 0.6) is 0 Å². The van der Waals surface area contributed by atoms with Gasteiger partial charge in [-0.2, -0.15) is 0 Å². The van der Waals surface area contributed by atoms with E-state index in [0.717, 1.165) is 12.1 Å². The minimum absolute atomic E-state index is 0.0262. The molecule has 7 nitrogen and oxygen atoms in total. The molecule has 1 fully saturated rings. The van der Waals surface area contributed by atoms with Crippen LogP contribution in [0.3, 0.4) is 0 Å². The number of urea groups is 1. The zero-order valence-corrected chi connectivity index (χ0v) is 18.6. The molecular formula is C25H23ClN4O3. The predicted octanol–water partition coefficient (Wildman–Crippen LogP) is 4.41. The van der Waals surface area contributed by atoms with Gasteiger partial charge in [0.15, 0.2) is 0 Å². The summed E-state index contributed by atoms with van der Waals surface area (Å²) in [5.41, 5.74) is 2.16. The average molecular weight is 463 g/mol. The van der Waals surface area contributed by atoms with Crippen molar-refractivity contribution >= 4 is 34.9 Å². The number of amides is 3. The molecule has 2 bridgehead atoms. The van der Waals surface area contributed by atoms with Crippen LogP contribution in [0, 0.1) is 5.92 Å². The molecule has 2 aliphatic heterocycles. The third kappa shape index (κ3) is 4.36. The highest BCUT2D eigenvalue weighted by molar-refractivity contribution is 6.30. The predicted molar refractivity (Wildman–Crippen MR) is 128 cm³/mol. The summed E-state index contributed by atoms with van der Waals surface area (Å²) in [4.78, 5) is 40.4. The molecule has 0 spiro atoms. The molecule has 1 saturated heterocycles. The second-order valence-corrected chi connectivity index (χ2v) is 8.98. The molecule has 1 aromatic heterocycles. The van der Waals surface area contributed by atoms with Crippen LogP contribution in [0.2, 0.25) is 5.02 Å². The first kappa shape index (κ1) is 21.3. The Morgan fingerprint density at radius 3 is 2.39 bits per heavy atom. The van der Waals surface area contributed by atoms with Crippen molar-refractivity contribution < 1.29 is 9.59 Å². The second kappa shape index (κ2) is 8.75. The molecule has 0 aliphatic carbocycles. The first-order chi connectivity index (χ1) is 16.0. The topological polar surface area (TPSA) is 83.4 Å². The van der Waals surface area contributed by atoms with Gasteiger partial charge in [0.25, 0.3) is 11.5 Å². The fourth-order valence-corrected chi connectivity index (χ4v) is 4.91. The summed E-state index contributed by atoms with van der Waals surface area (Å²) in [6.45, 7) is 1.72. The number of carbonyl (C=O) groups is 2. The zero-order chi connectivity index (χ0) is 22.9. The maximum absolute atomic E-state index is 13.1. The molecule has 0 unspecified atom stereocenters. The van der Waals surface area contributed by atoms with Crippen LogP contribution in [-0.2, 0) is 6.54 Å². The van der Waals surface area contributed by atoms with E-state index in [0.29, 0.717) is 35.9 Å². The van der Waals surface area contributed by atoms with Crippen molar-refractivity contribution in [3.8, 4) is 0 Å².